The number of alkyl halides is 3. The van der Waals surface area contributed by atoms with Crippen LogP contribution in [-0.4, -0.2) is 41.2 Å². The van der Waals surface area contributed by atoms with Crippen LogP contribution in [-0.2, 0) is 6.18 Å². The SMILES string of the molecule is CC1CCCN1c1nc(C(=O)N[C@H](C)CO)ccc1Oc1ccc(C(F)(F)F)cc1. The highest BCUT2D eigenvalue weighted by Gasteiger charge is 2.30. The van der Waals surface area contributed by atoms with Crippen molar-refractivity contribution < 1.29 is 27.8 Å². The Hall–Kier alpha value is -2.81. The Morgan fingerprint density at radius 3 is 2.57 bits per heavy atom. The molecule has 1 aromatic carbocycles. The number of anilines is 1. The lowest BCUT2D eigenvalue weighted by Crippen LogP contribution is -2.36. The highest BCUT2D eigenvalue weighted by molar-refractivity contribution is 5.93. The Balaban J connectivity index is 1.90. The number of hydrogen-bond acceptors (Lipinski definition) is 5. The fraction of sp³-hybridized carbons (Fsp3) is 0.429. The van der Waals surface area contributed by atoms with E-state index < -0.39 is 23.7 Å². The number of rotatable bonds is 6. The Morgan fingerprint density at radius 2 is 2.00 bits per heavy atom. The zero-order valence-electron chi connectivity index (χ0n) is 16.7. The molecule has 1 fully saturated rings. The number of amides is 1. The van der Waals surface area contributed by atoms with Crippen molar-refractivity contribution in [3.05, 3.63) is 47.7 Å². The smallest absolute Gasteiger partial charge is 0.416 e. The van der Waals surface area contributed by atoms with E-state index in [2.05, 4.69) is 10.3 Å². The van der Waals surface area contributed by atoms with Crippen LogP contribution in [0.5, 0.6) is 11.5 Å². The second-order valence-electron chi connectivity index (χ2n) is 7.38. The first-order chi connectivity index (χ1) is 14.2. The molecular formula is C21H24F3N3O3. The molecule has 9 heteroatoms. The number of benzene rings is 1. The number of aromatic nitrogens is 1. The molecule has 0 aliphatic carbocycles. The summed E-state index contributed by atoms with van der Waals surface area (Å²) in [6, 6.07) is 7.26. The Bertz CT molecular complexity index is 887. The van der Waals surface area contributed by atoms with Crippen LogP contribution in [0.1, 0.15) is 42.7 Å². The molecule has 1 aliphatic rings. The van der Waals surface area contributed by atoms with Crippen LogP contribution in [0.3, 0.4) is 0 Å². The third-order valence-corrected chi connectivity index (χ3v) is 4.96. The number of pyridine rings is 1. The van der Waals surface area contributed by atoms with Crippen LogP contribution in [0.15, 0.2) is 36.4 Å². The van der Waals surface area contributed by atoms with Gasteiger partial charge in [0, 0.05) is 18.6 Å². The molecule has 162 valence electrons. The summed E-state index contributed by atoms with van der Waals surface area (Å²) in [4.78, 5) is 18.9. The highest BCUT2D eigenvalue weighted by atomic mass is 19.4. The summed E-state index contributed by atoms with van der Waals surface area (Å²) in [5.74, 6) is 0.634. The molecule has 2 aromatic rings. The molecule has 0 saturated carbocycles. The van der Waals surface area contributed by atoms with Gasteiger partial charge in [-0.15, -0.1) is 0 Å². The standard InChI is InChI=1S/C21H24F3N3O3/c1-13(12-28)25-20(29)17-9-10-18(19(26-17)27-11-3-4-14(27)2)30-16-7-5-15(6-8-16)21(22,23)24/h5-10,13-14,28H,3-4,11-12H2,1-2H3,(H,25,29)/t13-,14?/m1/s1. The van der Waals surface area contributed by atoms with Crippen molar-refractivity contribution in [3.63, 3.8) is 0 Å². The topological polar surface area (TPSA) is 74.7 Å². The first kappa shape index (κ1) is 21.9. The van der Waals surface area contributed by atoms with Crippen LogP contribution in [0.4, 0.5) is 19.0 Å². The molecule has 1 unspecified atom stereocenters. The number of hydrogen-bond donors (Lipinski definition) is 2. The van der Waals surface area contributed by atoms with Gasteiger partial charge < -0.3 is 20.1 Å². The number of aliphatic hydroxyl groups excluding tert-OH is 1. The zero-order valence-corrected chi connectivity index (χ0v) is 16.7. The normalized spacial score (nSPS) is 17.7. The number of aliphatic hydroxyl groups is 1. The van der Waals surface area contributed by atoms with Gasteiger partial charge in [0.2, 0.25) is 0 Å². The molecule has 2 heterocycles. The highest BCUT2D eigenvalue weighted by Crippen LogP contribution is 2.36. The molecule has 30 heavy (non-hydrogen) atoms. The van der Waals surface area contributed by atoms with Crippen LogP contribution in [0, 0.1) is 0 Å². The number of halogens is 3. The van der Waals surface area contributed by atoms with Gasteiger partial charge in [-0.2, -0.15) is 13.2 Å². The van der Waals surface area contributed by atoms with Crippen molar-refractivity contribution in [1.29, 1.82) is 0 Å². The van der Waals surface area contributed by atoms with Gasteiger partial charge in [0.1, 0.15) is 11.4 Å². The monoisotopic (exact) mass is 423 g/mol. The molecule has 6 nitrogen and oxygen atoms in total. The Kier molecular flexibility index (Phi) is 6.50. The first-order valence-electron chi connectivity index (χ1n) is 9.73. The molecule has 1 saturated heterocycles. The third-order valence-electron chi connectivity index (χ3n) is 4.96. The first-order valence-corrected chi connectivity index (χ1v) is 9.73. The summed E-state index contributed by atoms with van der Waals surface area (Å²) in [5.41, 5.74) is -0.587. The lowest BCUT2D eigenvalue weighted by molar-refractivity contribution is -0.137. The third kappa shape index (κ3) is 5.02. The van der Waals surface area contributed by atoms with Crippen molar-refractivity contribution >= 4 is 11.7 Å². The van der Waals surface area contributed by atoms with E-state index in [0.717, 1.165) is 31.5 Å². The summed E-state index contributed by atoms with van der Waals surface area (Å²) in [6.07, 6.45) is -2.50. The molecule has 3 rings (SSSR count). The van der Waals surface area contributed by atoms with Crippen LogP contribution >= 0.6 is 0 Å². The number of ether oxygens (including phenoxy) is 1. The quantitative estimate of drug-likeness (QED) is 0.735. The van der Waals surface area contributed by atoms with Gasteiger partial charge in [0.25, 0.3) is 5.91 Å². The fourth-order valence-corrected chi connectivity index (χ4v) is 3.28. The number of carbonyl (C=O) groups is 1. The van der Waals surface area contributed by atoms with E-state index in [1.165, 1.54) is 18.2 Å². The second-order valence-corrected chi connectivity index (χ2v) is 7.38. The molecule has 2 N–H and O–H groups in total. The van der Waals surface area contributed by atoms with Crippen molar-refractivity contribution in [2.24, 2.45) is 0 Å². The summed E-state index contributed by atoms with van der Waals surface area (Å²) < 4.78 is 44.2. The summed E-state index contributed by atoms with van der Waals surface area (Å²) in [7, 11) is 0. The predicted molar refractivity (Wildman–Crippen MR) is 106 cm³/mol. The lowest BCUT2D eigenvalue weighted by Gasteiger charge is -2.25. The van der Waals surface area contributed by atoms with Gasteiger partial charge in [-0.3, -0.25) is 4.79 Å². The lowest BCUT2D eigenvalue weighted by atomic mass is 10.2. The van der Waals surface area contributed by atoms with Crippen molar-refractivity contribution in [2.75, 3.05) is 18.1 Å². The maximum absolute atomic E-state index is 12.8. The van der Waals surface area contributed by atoms with E-state index in [9.17, 15) is 18.0 Å². The molecule has 2 atom stereocenters. The van der Waals surface area contributed by atoms with Gasteiger partial charge in [-0.05, 0) is 63.1 Å². The van der Waals surface area contributed by atoms with Crippen LogP contribution in [0.2, 0.25) is 0 Å². The number of nitrogens with zero attached hydrogens (tertiary/aromatic N) is 2. The molecule has 1 aliphatic heterocycles. The van der Waals surface area contributed by atoms with E-state index in [0.29, 0.717) is 11.6 Å². The Labute approximate surface area is 172 Å². The number of carbonyl (C=O) groups excluding carboxylic acids is 1. The summed E-state index contributed by atoms with van der Waals surface area (Å²) in [6.45, 7) is 4.24. The van der Waals surface area contributed by atoms with Gasteiger partial charge in [-0.1, -0.05) is 0 Å². The maximum atomic E-state index is 12.8. The fourth-order valence-electron chi connectivity index (χ4n) is 3.28. The largest absolute Gasteiger partial charge is 0.453 e. The minimum atomic E-state index is -4.42. The Morgan fingerprint density at radius 1 is 1.30 bits per heavy atom. The van der Waals surface area contributed by atoms with E-state index >= 15 is 0 Å². The van der Waals surface area contributed by atoms with E-state index in [1.807, 2.05) is 11.8 Å². The molecule has 0 spiro atoms. The van der Waals surface area contributed by atoms with E-state index in [1.54, 1.807) is 13.0 Å². The minimum Gasteiger partial charge on any atom is -0.453 e. The average molecular weight is 423 g/mol. The summed E-state index contributed by atoms with van der Waals surface area (Å²) in [5, 5.41) is 11.8. The zero-order chi connectivity index (χ0) is 21.9. The summed E-state index contributed by atoms with van der Waals surface area (Å²) >= 11 is 0. The van der Waals surface area contributed by atoms with Gasteiger partial charge in [-0.25, -0.2) is 4.98 Å². The molecule has 0 radical (unpaired) electrons. The van der Waals surface area contributed by atoms with E-state index in [-0.39, 0.29) is 24.1 Å². The van der Waals surface area contributed by atoms with Crippen LogP contribution in [0.25, 0.3) is 0 Å². The molecular weight excluding hydrogens is 399 g/mol. The van der Waals surface area contributed by atoms with Crippen molar-refractivity contribution in [2.45, 2.75) is 44.9 Å². The molecule has 1 aromatic heterocycles. The van der Waals surface area contributed by atoms with Crippen LogP contribution < -0.4 is 15.0 Å². The van der Waals surface area contributed by atoms with Gasteiger partial charge >= 0.3 is 6.18 Å². The maximum Gasteiger partial charge on any atom is 0.416 e. The van der Waals surface area contributed by atoms with Gasteiger partial charge in [0.15, 0.2) is 11.6 Å². The van der Waals surface area contributed by atoms with E-state index in [4.69, 9.17) is 9.84 Å². The number of nitrogens with one attached hydrogen (secondary N) is 1. The van der Waals surface area contributed by atoms with Gasteiger partial charge in [0.05, 0.1) is 12.2 Å². The second kappa shape index (κ2) is 8.91. The minimum absolute atomic E-state index is 0.171. The average Bonchev–Trinajstić information content (AvgIpc) is 3.13. The molecule has 0 bridgehead atoms. The van der Waals surface area contributed by atoms with Crippen molar-refractivity contribution in [1.82, 2.24) is 10.3 Å². The van der Waals surface area contributed by atoms with Crippen molar-refractivity contribution in [3.8, 4) is 11.5 Å². The predicted octanol–water partition coefficient (Wildman–Crippen LogP) is 3.99. The molecule has 1 amide bonds.